The molecular formula is C22H27N3O4. The van der Waals surface area contributed by atoms with Crippen molar-refractivity contribution in [2.75, 3.05) is 32.6 Å². The average Bonchev–Trinajstić information content (AvgIpc) is 2.74. The van der Waals surface area contributed by atoms with Gasteiger partial charge in [0, 0.05) is 24.8 Å². The Morgan fingerprint density at radius 1 is 1.00 bits per heavy atom. The first kappa shape index (κ1) is 20.5. The van der Waals surface area contributed by atoms with Crippen molar-refractivity contribution in [1.82, 2.24) is 10.2 Å². The lowest BCUT2D eigenvalue weighted by molar-refractivity contribution is -0.131. The van der Waals surface area contributed by atoms with Gasteiger partial charge >= 0.3 is 6.03 Å². The van der Waals surface area contributed by atoms with E-state index in [-0.39, 0.29) is 18.0 Å². The molecule has 3 rings (SSSR count). The largest absolute Gasteiger partial charge is 0.493 e. The highest BCUT2D eigenvalue weighted by atomic mass is 16.5. The van der Waals surface area contributed by atoms with Gasteiger partial charge in [0.1, 0.15) is 0 Å². The van der Waals surface area contributed by atoms with Crippen LogP contribution in [0.1, 0.15) is 18.4 Å². The third-order valence-corrected chi connectivity index (χ3v) is 5.02. The molecule has 0 saturated carbocycles. The molecule has 0 bridgehead atoms. The number of ether oxygens (including phenoxy) is 2. The highest BCUT2D eigenvalue weighted by Gasteiger charge is 2.24. The van der Waals surface area contributed by atoms with Gasteiger partial charge in [-0.1, -0.05) is 24.3 Å². The Morgan fingerprint density at radius 2 is 1.69 bits per heavy atom. The van der Waals surface area contributed by atoms with Gasteiger partial charge in [-0.2, -0.15) is 0 Å². The Morgan fingerprint density at radius 3 is 2.34 bits per heavy atom. The summed E-state index contributed by atoms with van der Waals surface area (Å²) < 4.78 is 10.5. The SMILES string of the molecule is COc1ccc(CC(=O)N2CCC(NC(=O)Nc3ccccc3)CC2)cc1OC. The molecule has 2 aromatic carbocycles. The van der Waals surface area contributed by atoms with E-state index >= 15 is 0 Å². The van der Waals surface area contributed by atoms with E-state index in [0.29, 0.717) is 31.0 Å². The van der Waals surface area contributed by atoms with Crippen molar-refractivity contribution in [3.63, 3.8) is 0 Å². The van der Waals surface area contributed by atoms with Gasteiger partial charge in [-0.15, -0.1) is 0 Å². The van der Waals surface area contributed by atoms with Crippen molar-refractivity contribution >= 4 is 17.6 Å². The van der Waals surface area contributed by atoms with Crippen molar-refractivity contribution in [1.29, 1.82) is 0 Å². The number of hydrogen-bond acceptors (Lipinski definition) is 4. The molecule has 2 N–H and O–H groups in total. The van der Waals surface area contributed by atoms with Crippen LogP contribution in [0.2, 0.25) is 0 Å². The lowest BCUT2D eigenvalue weighted by Gasteiger charge is -2.32. The Hall–Kier alpha value is -3.22. The normalized spacial score (nSPS) is 14.2. The smallest absolute Gasteiger partial charge is 0.319 e. The van der Waals surface area contributed by atoms with E-state index in [1.165, 1.54) is 0 Å². The Kier molecular flexibility index (Phi) is 6.94. The quantitative estimate of drug-likeness (QED) is 0.785. The number of para-hydroxylation sites is 1. The van der Waals surface area contributed by atoms with E-state index in [1.807, 2.05) is 53.4 Å². The molecule has 0 aromatic heterocycles. The summed E-state index contributed by atoms with van der Waals surface area (Å²) in [7, 11) is 3.16. The zero-order valence-corrected chi connectivity index (χ0v) is 16.8. The fourth-order valence-corrected chi connectivity index (χ4v) is 3.42. The van der Waals surface area contributed by atoms with E-state index in [2.05, 4.69) is 10.6 Å². The molecule has 0 unspecified atom stereocenters. The first-order valence-electron chi connectivity index (χ1n) is 9.70. The highest BCUT2D eigenvalue weighted by Crippen LogP contribution is 2.28. The number of nitrogens with zero attached hydrogens (tertiary/aromatic N) is 1. The van der Waals surface area contributed by atoms with Crippen LogP contribution in [0.15, 0.2) is 48.5 Å². The van der Waals surface area contributed by atoms with Crippen LogP contribution in [0.4, 0.5) is 10.5 Å². The maximum Gasteiger partial charge on any atom is 0.319 e. The molecule has 1 heterocycles. The van der Waals surface area contributed by atoms with Gasteiger partial charge in [-0.05, 0) is 42.7 Å². The van der Waals surface area contributed by atoms with Gasteiger partial charge < -0.3 is 25.0 Å². The monoisotopic (exact) mass is 397 g/mol. The standard InChI is InChI=1S/C22H27N3O4/c1-28-19-9-8-16(14-20(19)29-2)15-21(26)25-12-10-18(11-13-25)24-22(27)23-17-6-4-3-5-7-17/h3-9,14,18H,10-13,15H2,1-2H3,(H2,23,24,27). The van der Waals surface area contributed by atoms with Crippen LogP contribution < -0.4 is 20.1 Å². The summed E-state index contributed by atoms with van der Waals surface area (Å²) in [4.78, 5) is 26.6. The van der Waals surface area contributed by atoms with Crippen LogP contribution in [0.3, 0.4) is 0 Å². The molecule has 29 heavy (non-hydrogen) atoms. The van der Waals surface area contributed by atoms with E-state index in [4.69, 9.17) is 9.47 Å². The van der Waals surface area contributed by atoms with Gasteiger partial charge in [0.05, 0.1) is 20.6 Å². The summed E-state index contributed by atoms with van der Waals surface area (Å²) >= 11 is 0. The fraction of sp³-hybridized carbons (Fsp3) is 0.364. The molecule has 7 nitrogen and oxygen atoms in total. The molecule has 0 radical (unpaired) electrons. The van der Waals surface area contributed by atoms with Gasteiger partial charge in [0.25, 0.3) is 0 Å². The lowest BCUT2D eigenvalue weighted by atomic mass is 10.0. The molecule has 0 spiro atoms. The number of carbonyl (C=O) groups excluding carboxylic acids is 2. The van der Waals surface area contributed by atoms with Gasteiger partial charge in [0.15, 0.2) is 11.5 Å². The van der Waals surface area contributed by atoms with Crippen molar-refractivity contribution < 1.29 is 19.1 Å². The molecule has 1 aliphatic rings. The molecule has 0 atom stereocenters. The minimum Gasteiger partial charge on any atom is -0.493 e. The van der Waals surface area contributed by atoms with Crippen molar-refractivity contribution in [2.45, 2.75) is 25.3 Å². The van der Waals surface area contributed by atoms with Crippen LogP contribution >= 0.6 is 0 Å². The van der Waals surface area contributed by atoms with Crippen molar-refractivity contribution in [2.24, 2.45) is 0 Å². The second-order valence-corrected chi connectivity index (χ2v) is 6.99. The van der Waals surface area contributed by atoms with Gasteiger partial charge in [-0.3, -0.25) is 4.79 Å². The molecule has 1 saturated heterocycles. The van der Waals surface area contributed by atoms with Crippen LogP contribution in [0.5, 0.6) is 11.5 Å². The zero-order chi connectivity index (χ0) is 20.6. The van der Waals surface area contributed by atoms with Crippen molar-refractivity contribution in [3.8, 4) is 11.5 Å². The molecule has 154 valence electrons. The maximum absolute atomic E-state index is 12.6. The zero-order valence-electron chi connectivity index (χ0n) is 16.8. The third-order valence-electron chi connectivity index (χ3n) is 5.02. The highest BCUT2D eigenvalue weighted by molar-refractivity contribution is 5.89. The minimum absolute atomic E-state index is 0.0591. The first-order chi connectivity index (χ1) is 14.1. The predicted octanol–water partition coefficient (Wildman–Crippen LogP) is 3.06. The molecule has 7 heteroatoms. The van der Waals surface area contributed by atoms with Crippen LogP contribution in [-0.2, 0) is 11.2 Å². The topological polar surface area (TPSA) is 79.9 Å². The Bertz CT molecular complexity index is 833. The maximum atomic E-state index is 12.6. The second-order valence-electron chi connectivity index (χ2n) is 6.99. The van der Waals surface area contributed by atoms with Crippen LogP contribution in [0.25, 0.3) is 0 Å². The van der Waals surface area contributed by atoms with E-state index in [9.17, 15) is 9.59 Å². The van der Waals surface area contributed by atoms with Gasteiger partial charge in [-0.25, -0.2) is 4.79 Å². The minimum atomic E-state index is -0.216. The third kappa shape index (κ3) is 5.63. The molecule has 3 amide bonds. The number of benzene rings is 2. The number of rotatable bonds is 6. The summed E-state index contributed by atoms with van der Waals surface area (Å²) in [5, 5.41) is 5.81. The number of anilines is 1. The molecular weight excluding hydrogens is 370 g/mol. The number of nitrogens with one attached hydrogen (secondary N) is 2. The number of hydrogen-bond donors (Lipinski definition) is 2. The van der Waals surface area contributed by atoms with E-state index < -0.39 is 0 Å². The van der Waals surface area contributed by atoms with Crippen LogP contribution in [-0.4, -0.2) is 50.2 Å². The summed E-state index contributed by atoms with van der Waals surface area (Å²) in [5.41, 5.74) is 1.64. The summed E-state index contributed by atoms with van der Waals surface area (Å²) in [5.74, 6) is 1.33. The molecule has 2 aromatic rings. The number of carbonyl (C=O) groups is 2. The van der Waals surface area contributed by atoms with Gasteiger partial charge in [0.2, 0.25) is 5.91 Å². The number of methoxy groups -OCH3 is 2. The number of urea groups is 1. The summed E-state index contributed by atoms with van der Waals surface area (Å²) in [6.45, 7) is 1.25. The lowest BCUT2D eigenvalue weighted by Crippen LogP contribution is -2.47. The molecule has 1 fully saturated rings. The van der Waals surface area contributed by atoms with Crippen molar-refractivity contribution in [3.05, 3.63) is 54.1 Å². The van der Waals surface area contributed by atoms with E-state index in [0.717, 1.165) is 24.1 Å². The first-order valence-corrected chi connectivity index (χ1v) is 9.70. The number of piperidine rings is 1. The molecule has 1 aliphatic heterocycles. The molecule has 0 aliphatic carbocycles. The second kappa shape index (κ2) is 9.82. The summed E-state index contributed by atoms with van der Waals surface area (Å²) in [6, 6.07) is 14.7. The number of amides is 3. The number of likely N-dealkylation sites (tertiary alicyclic amines) is 1. The fourth-order valence-electron chi connectivity index (χ4n) is 3.42. The predicted molar refractivity (Wildman–Crippen MR) is 111 cm³/mol. The Labute approximate surface area is 171 Å². The van der Waals surface area contributed by atoms with Crippen LogP contribution in [0, 0.1) is 0 Å². The van der Waals surface area contributed by atoms with E-state index in [1.54, 1.807) is 14.2 Å². The average molecular weight is 397 g/mol. The Balaban J connectivity index is 1.46. The summed E-state index contributed by atoms with van der Waals surface area (Å²) in [6.07, 6.45) is 1.78.